The van der Waals surface area contributed by atoms with E-state index in [9.17, 15) is 4.79 Å². The Morgan fingerprint density at radius 1 is 1.12 bits per heavy atom. The van der Waals surface area contributed by atoms with Crippen LogP contribution in [0.25, 0.3) is 22.2 Å². The first-order valence-electron chi connectivity index (χ1n) is 11.9. The number of pyridine rings is 1. The van der Waals surface area contributed by atoms with Gasteiger partial charge in [0.15, 0.2) is 0 Å². The molecule has 2 N–H and O–H groups in total. The minimum atomic E-state index is -0.690. The molecule has 4 rings (SSSR count). The largest absolute Gasteiger partial charge is 0.481 e. The fourth-order valence-corrected chi connectivity index (χ4v) is 6.19. The van der Waals surface area contributed by atoms with E-state index in [4.69, 9.17) is 10.1 Å². The number of nitrogens with one attached hydrogen (secondary N) is 1. The first-order valence-corrected chi connectivity index (χ1v) is 12.7. The predicted molar refractivity (Wildman–Crippen MR) is 139 cm³/mol. The summed E-state index contributed by atoms with van der Waals surface area (Å²) in [6, 6.07) is 4.39. The number of hydrogen-bond donors (Lipinski definition) is 2. The minimum absolute atomic E-state index is 0.276. The number of aliphatic carboxylic acids is 1. The van der Waals surface area contributed by atoms with E-state index in [1.54, 1.807) is 0 Å². The third-order valence-corrected chi connectivity index (χ3v) is 7.73. The average molecular weight is 512 g/mol. The van der Waals surface area contributed by atoms with Gasteiger partial charge < -0.3 is 15.0 Å². The SMILES string of the molecule is Cc1cc(Br)cc(C)c1-c1c(C)nc2[nH]c(C)c(C)c2c1N1CCC(CCCC(=O)O)CC1. The van der Waals surface area contributed by atoms with E-state index in [-0.39, 0.29) is 6.42 Å². The van der Waals surface area contributed by atoms with Gasteiger partial charge in [0.25, 0.3) is 0 Å². The average Bonchev–Trinajstić information content (AvgIpc) is 3.01. The molecule has 0 spiro atoms. The van der Waals surface area contributed by atoms with E-state index in [0.29, 0.717) is 5.92 Å². The highest BCUT2D eigenvalue weighted by Crippen LogP contribution is 2.45. The molecule has 5 nitrogen and oxygen atoms in total. The Morgan fingerprint density at radius 3 is 2.36 bits per heavy atom. The van der Waals surface area contributed by atoms with Gasteiger partial charge in [-0.25, -0.2) is 4.98 Å². The molecule has 176 valence electrons. The number of aryl methyl sites for hydroxylation is 5. The van der Waals surface area contributed by atoms with Crippen molar-refractivity contribution in [2.45, 2.75) is 66.7 Å². The summed E-state index contributed by atoms with van der Waals surface area (Å²) in [6.45, 7) is 12.8. The molecular weight excluding hydrogens is 478 g/mol. The van der Waals surface area contributed by atoms with Crippen LogP contribution in [-0.4, -0.2) is 34.1 Å². The second kappa shape index (κ2) is 9.49. The number of aromatic nitrogens is 2. The van der Waals surface area contributed by atoms with Crippen molar-refractivity contribution in [1.82, 2.24) is 9.97 Å². The Morgan fingerprint density at radius 2 is 1.76 bits per heavy atom. The van der Waals surface area contributed by atoms with Crippen molar-refractivity contribution < 1.29 is 9.90 Å². The van der Waals surface area contributed by atoms with Gasteiger partial charge in [0.2, 0.25) is 0 Å². The molecule has 1 fully saturated rings. The monoisotopic (exact) mass is 511 g/mol. The molecule has 1 aromatic carbocycles. The number of halogens is 1. The van der Waals surface area contributed by atoms with Crippen molar-refractivity contribution in [2.24, 2.45) is 5.92 Å². The van der Waals surface area contributed by atoms with Crippen LogP contribution < -0.4 is 4.90 Å². The molecule has 0 bridgehead atoms. The standard InChI is InChI=1S/C27H34BrN3O2/c1-15-13-21(28)14-16(2)23(15)25-19(5)30-27-24(17(3)18(4)29-27)26(25)31-11-9-20(10-12-31)7-6-8-22(32)33/h13-14,20H,6-12H2,1-5H3,(H,29,30)(H,32,33). The molecule has 2 aromatic heterocycles. The number of rotatable bonds is 6. The van der Waals surface area contributed by atoms with E-state index in [1.807, 2.05) is 0 Å². The number of piperidine rings is 1. The van der Waals surface area contributed by atoms with Crippen LogP contribution in [0.4, 0.5) is 5.69 Å². The molecule has 1 aliphatic rings. The molecule has 0 saturated carbocycles. The zero-order valence-electron chi connectivity index (χ0n) is 20.3. The minimum Gasteiger partial charge on any atom is -0.481 e. The first-order chi connectivity index (χ1) is 15.7. The summed E-state index contributed by atoms with van der Waals surface area (Å²) in [5.41, 5.74) is 10.8. The molecule has 3 heterocycles. The van der Waals surface area contributed by atoms with Crippen LogP contribution in [0.3, 0.4) is 0 Å². The van der Waals surface area contributed by atoms with Crippen LogP contribution in [0.2, 0.25) is 0 Å². The second-order valence-corrected chi connectivity index (χ2v) is 10.6. The lowest BCUT2D eigenvalue weighted by Gasteiger charge is -2.36. The number of benzene rings is 1. The first kappa shape index (κ1) is 23.8. The smallest absolute Gasteiger partial charge is 0.303 e. The zero-order valence-corrected chi connectivity index (χ0v) is 21.9. The van der Waals surface area contributed by atoms with Gasteiger partial charge in [-0.1, -0.05) is 15.9 Å². The lowest BCUT2D eigenvalue weighted by molar-refractivity contribution is -0.137. The summed E-state index contributed by atoms with van der Waals surface area (Å²) in [4.78, 5) is 22.0. The van der Waals surface area contributed by atoms with Gasteiger partial charge in [-0.2, -0.15) is 0 Å². The topological polar surface area (TPSA) is 69.2 Å². The zero-order chi connectivity index (χ0) is 23.9. The summed E-state index contributed by atoms with van der Waals surface area (Å²) in [6.07, 6.45) is 4.26. The number of hydrogen-bond acceptors (Lipinski definition) is 3. The van der Waals surface area contributed by atoms with E-state index >= 15 is 0 Å². The maximum absolute atomic E-state index is 10.9. The van der Waals surface area contributed by atoms with Gasteiger partial charge in [-0.05, 0) is 101 Å². The van der Waals surface area contributed by atoms with Crippen LogP contribution >= 0.6 is 15.9 Å². The normalized spacial score (nSPS) is 14.9. The van der Waals surface area contributed by atoms with Crippen molar-refractivity contribution in [3.8, 4) is 11.1 Å². The number of carbonyl (C=O) groups is 1. The highest BCUT2D eigenvalue weighted by atomic mass is 79.9. The number of anilines is 1. The van der Waals surface area contributed by atoms with Crippen LogP contribution in [0, 0.1) is 40.5 Å². The number of H-pyrrole nitrogens is 1. The Labute approximate surface area is 204 Å². The third kappa shape index (κ3) is 4.68. The number of aromatic amines is 1. The van der Waals surface area contributed by atoms with E-state index in [0.717, 1.165) is 54.6 Å². The summed E-state index contributed by atoms with van der Waals surface area (Å²) in [7, 11) is 0. The number of carboxylic acids is 1. The molecule has 33 heavy (non-hydrogen) atoms. The summed E-state index contributed by atoms with van der Waals surface area (Å²) >= 11 is 3.66. The van der Waals surface area contributed by atoms with E-state index in [2.05, 4.69) is 72.6 Å². The van der Waals surface area contributed by atoms with Crippen molar-refractivity contribution >= 4 is 38.6 Å². The highest BCUT2D eigenvalue weighted by molar-refractivity contribution is 9.10. The van der Waals surface area contributed by atoms with Crippen LogP contribution in [0.1, 0.15) is 60.2 Å². The van der Waals surface area contributed by atoms with Gasteiger partial charge in [0, 0.05) is 46.3 Å². The molecule has 0 radical (unpaired) electrons. The predicted octanol–water partition coefficient (Wildman–Crippen LogP) is 7.01. The van der Waals surface area contributed by atoms with Gasteiger partial charge >= 0.3 is 5.97 Å². The summed E-state index contributed by atoms with van der Waals surface area (Å²) in [5, 5.41) is 10.2. The fraction of sp³-hybridized carbons (Fsp3) is 0.481. The lowest BCUT2D eigenvalue weighted by Crippen LogP contribution is -2.34. The number of fused-ring (bicyclic) bond motifs is 1. The molecule has 0 aliphatic carbocycles. The van der Waals surface area contributed by atoms with Gasteiger partial charge in [0.05, 0.1) is 5.69 Å². The fourth-order valence-electron chi connectivity index (χ4n) is 5.50. The Kier molecular flexibility index (Phi) is 6.85. The maximum atomic E-state index is 10.9. The quantitative estimate of drug-likeness (QED) is 0.373. The van der Waals surface area contributed by atoms with Gasteiger partial charge in [0.1, 0.15) is 5.65 Å². The molecule has 0 atom stereocenters. The Hall–Kier alpha value is -2.34. The second-order valence-electron chi connectivity index (χ2n) is 9.65. The number of nitrogens with zero attached hydrogens (tertiary/aromatic N) is 2. The van der Waals surface area contributed by atoms with Crippen LogP contribution in [0.15, 0.2) is 16.6 Å². The van der Waals surface area contributed by atoms with E-state index < -0.39 is 5.97 Å². The molecule has 6 heteroatoms. The van der Waals surface area contributed by atoms with E-state index in [1.165, 1.54) is 44.6 Å². The molecular formula is C27H34BrN3O2. The summed E-state index contributed by atoms with van der Waals surface area (Å²) < 4.78 is 1.10. The molecule has 0 amide bonds. The number of carboxylic acid groups (broad SMARTS) is 1. The van der Waals surface area contributed by atoms with Crippen molar-refractivity contribution in [3.05, 3.63) is 44.7 Å². The van der Waals surface area contributed by atoms with Crippen molar-refractivity contribution in [1.29, 1.82) is 0 Å². The summed E-state index contributed by atoms with van der Waals surface area (Å²) in [5.74, 6) is -0.0852. The van der Waals surface area contributed by atoms with Crippen molar-refractivity contribution in [2.75, 3.05) is 18.0 Å². The van der Waals surface area contributed by atoms with Crippen LogP contribution in [-0.2, 0) is 4.79 Å². The third-order valence-electron chi connectivity index (χ3n) is 7.28. The lowest BCUT2D eigenvalue weighted by atomic mass is 9.88. The molecule has 1 aliphatic heterocycles. The Bertz CT molecular complexity index is 1180. The van der Waals surface area contributed by atoms with Gasteiger partial charge in [-0.3, -0.25) is 4.79 Å². The molecule has 3 aromatic rings. The van der Waals surface area contributed by atoms with Crippen LogP contribution in [0.5, 0.6) is 0 Å². The van der Waals surface area contributed by atoms with Crippen molar-refractivity contribution in [3.63, 3.8) is 0 Å². The highest BCUT2D eigenvalue weighted by Gasteiger charge is 2.28. The van der Waals surface area contributed by atoms with Gasteiger partial charge in [-0.15, -0.1) is 0 Å². The molecule has 0 unspecified atom stereocenters. The maximum Gasteiger partial charge on any atom is 0.303 e. The molecule has 1 saturated heterocycles. The Balaban J connectivity index is 1.79.